The molecule has 0 saturated heterocycles. The van der Waals surface area contributed by atoms with Gasteiger partial charge in [0.1, 0.15) is 15.8 Å². The number of nitrogen functional groups attached to an aromatic ring is 1. The Morgan fingerprint density at radius 3 is 2.54 bits per heavy atom. The number of rotatable bonds is 2. The van der Waals surface area contributed by atoms with Crippen LogP contribution in [-0.4, -0.2) is 9.97 Å². The number of pyridine rings is 2. The van der Waals surface area contributed by atoms with E-state index in [0.29, 0.717) is 10.6 Å². The molecule has 0 atom stereocenters. The summed E-state index contributed by atoms with van der Waals surface area (Å²) in [6, 6.07) is 18.0. The van der Waals surface area contributed by atoms with Crippen molar-refractivity contribution in [2.45, 2.75) is 0 Å². The number of benzene rings is 1. The third-order valence-electron chi connectivity index (χ3n) is 3.84. The van der Waals surface area contributed by atoms with Gasteiger partial charge in [0.05, 0.1) is 11.4 Å². The predicted molar refractivity (Wildman–Crippen MR) is 97.4 cm³/mol. The first-order valence-corrected chi connectivity index (χ1v) is 8.18. The van der Waals surface area contributed by atoms with Gasteiger partial charge in [-0.25, -0.2) is 4.98 Å². The molecule has 4 rings (SSSR count). The SMILES string of the molecule is N#Cc1sc2nc(-c3ccccc3)cc(-c3cccnc3)c2c1N. The molecule has 0 spiro atoms. The van der Waals surface area contributed by atoms with Crippen molar-refractivity contribution in [2.24, 2.45) is 0 Å². The molecule has 24 heavy (non-hydrogen) atoms. The van der Waals surface area contributed by atoms with Crippen LogP contribution >= 0.6 is 11.3 Å². The van der Waals surface area contributed by atoms with Gasteiger partial charge in [0.25, 0.3) is 0 Å². The standard InChI is InChI=1S/C19H12N4S/c20-10-16-18(21)17-14(13-7-4-8-22-11-13)9-15(23-19(17)24-16)12-5-2-1-3-6-12/h1-9,11H,21H2. The van der Waals surface area contributed by atoms with Crippen LogP contribution in [0.1, 0.15) is 4.88 Å². The summed E-state index contributed by atoms with van der Waals surface area (Å²) in [4.78, 5) is 10.2. The van der Waals surface area contributed by atoms with Crippen LogP contribution in [0.15, 0.2) is 60.9 Å². The molecule has 0 unspecified atom stereocenters. The average Bonchev–Trinajstić information content (AvgIpc) is 2.98. The lowest BCUT2D eigenvalue weighted by molar-refractivity contribution is 1.33. The van der Waals surface area contributed by atoms with E-state index in [4.69, 9.17) is 10.7 Å². The lowest BCUT2D eigenvalue weighted by atomic mass is 10.0. The summed E-state index contributed by atoms with van der Waals surface area (Å²) in [5.41, 5.74) is 10.5. The number of hydrogen-bond acceptors (Lipinski definition) is 5. The summed E-state index contributed by atoms with van der Waals surface area (Å²) in [6.07, 6.45) is 3.53. The van der Waals surface area contributed by atoms with Crippen molar-refractivity contribution in [3.63, 3.8) is 0 Å². The van der Waals surface area contributed by atoms with Gasteiger partial charge in [0.15, 0.2) is 0 Å². The highest BCUT2D eigenvalue weighted by Gasteiger charge is 2.17. The smallest absolute Gasteiger partial charge is 0.130 e. The number of nitrogens with two attached hydrogens (primary N) is 1. The number of nitriles is 1. The second-order valence-electron chi connectivity index (χ2n) is 5.30. The summed E-state index contributed by atoms with van der Waals surface area (Å²) in [5.74, 6) is 0. The number of nitrogens with zero attached hydrogens (tertiary/aromatic N) is 3. The topological polar surface area (TPSA) is 75.6 Å². The normalized spacial score (nSPS) is 10.6. The van der Waals surface area contributed by atoms with E-state index in [9.17, 15) is 5.26 Å². The molecule has 0 saturated carbocycles. The Balaban J connectivity index is 2.08. The van der Waals surface area contributed by atoms with Crippen molar-refractivity contribution in [3.05, 3.63) is 65.8 Å². The number of aromatic nitrogens is 2. The molecule has 4 nitrogen and oxygen atoms in total. The van der Waals surface area contributed by atoms with Crippen LogP contribution in [0.5, 0.6) is 0 Å². The van der Waals surface area contributed by atoms with Crippen LogP contribution in [-0.2, 0) is 0 Å². The van der Waals surface area contributed by atoms with Gasteiger partial charge in [-0.05, 0) is 17.7 Å². The minimum atomic E-state index is 0.489. The van der Waals surface area contributed by atoms with Gasteiger partial charge >= 0.3 is 0 Å². The summed E-state index contributed by atoms with van der Waals surface area (Å²) >= 11 is 1.32. The first-order chi connectivity index (χ1) is 11.8. The van der Waals surface area contributed by atoms with Crippen molar-refractivity contribution in [3.8, 4) is 28.5 Å². The van der Waals surface area contributed by atoms with Crippen LogP contribution in [0.4, 0.5) is 5.69 Å². The van der Waals surface area contributed by atoms with Crippen LogP contribution in [0.3, 0.4) is 0 Å². The first kappa shape index (κ1) is 14.4. The molecule has 2 N–H and O–H groups in total. The van der Waals surface area contributed by atoms with Gasteiger partial charge in [0.2, 0.25) is 0 Å². The fraction of sp³-hybridized carbons (Fsp3) is 0. The zero-order valence-electron chi connectivity index (χ0n) is 12.6. The van der Waals surface area contributed by atoms with E-state index in [-0.39, 0.29) is 0 Å². The highest BCUT2D eigenvalue weighted by atomic mass is 32.1. The van der Waals surface area contributed by atoms with Crippen LogP contribution in [0, 0.1) is 11.3 Å². The average molecular weight is 328 g/mol. The van der Waals surface area contributed by atoms with Crippen molar-refractivity contribution in [1.82, 2.24) is 9.97 Å². The van der Waals surface area contributed by atoms with E-state index in [2.05, 4.69) is 11.1 Å². The second kappa shape index (κ2) is 5.76. The maximum atomic E-state index is 9.31. The summed E-state index contributed by atoms with van der Waals surface area (Å²) in [5, 5.41) is 10.1. The van der Waals surface area contributed by atoms with Crippen molar-refractivity contribution < 1.29 is 0 Å². The number of hydrogen-bond donors (Lipinski definition) is 1. The molecule has 5 heteroatoms. The van der Waals surface area contributed by atoms with Gasteiger partial charge in [-0.15, -0.1) is 11.3 Å². The quantitative estimate of drug-likeness (QED) is 0.588. The molecule has 3 heterocycles. The minimum Gasteiger partial charge on any atom is -0.396 e. The molecule has 0 bridgehead atoms. The summed E-state index contributed by atoms with van der Waals surface area (Å²) in [7, 11) is 0. The van der Waals surface area contributed by atoms with Crippen LogP contribution in [0.25, 0.3) is 32.6 Å². The molecule has 4 aromatic rings. The minimum absolute atomic E-state index is 0.489. The number of fused-ring (bicyclic) bond motifs is 1. The van der Waals surface area contributed by atoms with E-state index in [1.54, 1.807) is 12.4 Å². The van der Waals surface area contributed by atoms with Gasteiger partial charge in [-0.1, -0.05) is 36.4 Å². The van der Waals surface area contributed by atoms with Crippen molar-refractivity contribution in [2.75, 3.05) is 5.73 Å². The van der Waals surface area contributed by atoms with E-state index >= 15 is 0 Å². The first-order valence-electron chi connectivity index (χ1n) is 7.37. The molecular weight excluding hydrogens is 316 g/mol. The van der Waals surface area contributed by atoms with Gasteiger partial charge in [-0.3, -0.25) is 4.98 Å². The van der Waals surface area contributed by atoms with Gasteiger partial charge in [-0.2, -0.15) is 5.26 Å². The molecule has 0 radical (unpaired) electrons. The van der Waals surface area contributed by atoms with Gasteiger partial charge < -0.3 is 5.73 Å². The fourth-order valence-corrected chi connectivity index (χ4v) is 3.63. The molecule has 0 aliphatic heterocycles. The monoisotopic (exact) mass is 328 g/mol. The third-order valence-corrected chi connectivity index (χ3v) is 4.85. The number of thiophene rings is 1. The molecule has 3 aromatic heterocycles. The molecular formula is C19H12N4S. The molecule has 0 aliphatic rings. The molecule has 0 amide bonds. The highest BCUT2D eigenvalue weighted by Crippen LogP contribution is 2.40. The van der Waals surface area contributed by atoms with E-state index in [0.717, 1.165) is 32.6 Å². The highest BCUT2D eigenvalue weighted by molar-refractivity contribution is 7.20. The Morgan fingerprint density at radius 1 is 1.04 bits per heavy atom. The zero-order valence-corrected chi connectivity index (χ0v) is 13.4. The summed E-state index contributed by atoms with van der Waals surface area (Å²) < 4.78 is 0. The zero-order chi connectivity index (χ0) is 16.5. The molecule has 0 fully saturated rings. The van der Waals surface area contributed by atoms with Crippen molar-refractivity contribution >= 4 is 27.2 Å². The molecule has 0 aliphatic carbocycles. The molecule has 1 aromatic carbocycles. The Hall–Kier alpha value is -3.23. The van der Waals surface area contributed by atoms with E-state index in [1.165, 1.54) is 11.3 Å². The summed E-state index contributed by atoms with van der Waals surface area (Å²) in [6.45, 7) is 0. The predicted octanol–water partition coefficient (Wildman–Crippen LogP) is 4.48. The number of anilines is 1. The fourth-order valence-electron chi connectivity index (χ4n) is 2.71. The van der Waals surface area contributed by atoms with Crippen LogP contribution in [0.2, 0.25) is 0 Å². The Bertz CT molecular complexity index is 1060. The molecule has 114 valence electrons. The third kappa shape index (κ3) is 2.30. The lowest BCUT2D eigenvalue weighted by Crippen LogP contribution is -1.91. The maximum absolute atomic E-state index is 9.31. The van der Waals surface area contributed by atoms with E-state index < -0.39 is 0 Å². The Labute approximate surface area is 142 Å². The van der Waals surface area contributed by atoms with E-state index in [1.807, 2.05) is 48.5 Å². The second-order valence-corrected chi connectivity index (χ2v) is 6.30. The van der Waals surface area contributed by atoms with Crippen LogP contribution < -0.4 is 5.73 Å². The van der Waals surface area contributed by atoms with Gasteiger partial charge in [0, 0.05) is 28.9 Å². The Morgan fingerprint density at radius 2 is 1.83 bits per heavy atom. The Kier molecular flexibility index (Phi) is 3.45. The van der Waals surface area contributed by atoms with Crippen molar-refractivity contribution in [1.29, 1.82) is 5.26 Å². The maximum Gasteiger partial charge on any atom is 0.130 e. The lowest BCUT2D eigenvalue weighted by Gasteiger charge is -2.08. The largest absolute Gasteiger partial charge is 0.396 e.